The Morgan fingerprint density at radius 2 is 0.810 bits per heavy atom. The Hall–Kier alpha value is -1.73. The number of aliphatic hydroxyl groups is 4. The maximum Gasteiger partial charge on any atom is 0.249 e. The molecule has 0 aliphatic carbocycles. The molecule has 0 radical (unpaired) electrons. The second kappa shape index (κ2) is 46.3. The van der Waals surface area contributed by atoms with Gasteiger partial charge in [0.15, 0.2) is 0 Å². The van der Waals surface area contributed by atoms with Crippen LogP contribution in [-0.2, 0) is 4.79 Å². The lowest BCUT2D eigenvalue weighted by Gasteiger charge is -2.27. The van der Waals surface area contributed by atoms with E-state index in [-0.39, 0.29) is 0 Å². The Balaban J connectivity index is 3.59. The van der Waals surface area contributed by atoms with E-state index in [0.29, 0.717) is 19.3 Å². The molecule has 4 atom stereocenters. The fourth-order valence-corrected chi connectivity index (χ4v) is 7.52. The van der Waals surface area contributed by atoms with E-state index in [2.05, 4.69) is 67.8 Å². The van der Waals surface area contributed by atoms with Gasteiger partial charge in [-0.15, -0.1) is 0 Å². The van der Waals surface area contributed by atoms with Crippen LogP contribution in [0.15, 0.2) is 48.6 Å². The number of hydrogen-bond acceptors (Lipinski definition) is 5. The molecule has 0 aliphatic heterocycles. The van der Waals surface area contributed by atoms with Gasteiger partial charge in [-0.25, -0.2) is 0 Å². The van der Waals surface area contributed by atoms with Crippen molar-refractivity contribution in [3.63, 3.8) is 0 Å². The Kier molecular flexibility index (Phi) is 45.0. The first kappa shape index (κ1) is 56.3. The Morgan fingerprint density at radius 1 is 0.431 bits per heavy atom. The van der Waals surface area contributed by atoms with Gasteiger partial charge in [-0.05, 0) is 77.0 Å². The van der Waals surface area contributed by atoms with E-state index in [4.69, 9.17) is 0 Å². The lowest BCUT2D eigenvalue weighted by atomic mass is 10.00. The summed E-state index contributed by atoms with van der Waals surface area (Å²) in [7, 11) is 0. The number of hydrogen-bond donors (Lipinski definition) is 5. The topological polar surface area (TPSA) is 110 Å². The van der Waals surface area contributed by atoms with Crippen LogP contribution < -0.4 is 5.32 Å². The zero-order valence-electron chi connectivity index (χ0n) is 38.3. The molecule has 0 aromatic heterocycles. The average molecular weight is 816 g/mol. The number of aliphatic hydroxyl groups excluding tert-OH is 4. The van der Waals surface area contributed by atoms with Crippen LogP contribution in [0.2, 0.25) is 0 Å². The average Bonchev–Trinajstić information content (AvgIpc) is 3.23. The molecule has 6 heteroatoms. The van der Waals surface area contributed by atoms with Gasteiger partial charge < -0.3 is 25.7 Å². The molecular weight excluding hydrogens is 719 g/mol. The van der Waals surface area contributed by atoms with Gasteiger partial charge in [0.1, 0.15) is 12.2 Å². The third kappa shape index (κ3) is 39.7. The van der Waals surface area contributed by atoms with Gasteiger partial charge in [-0.1, -0.05) is 217 Å². The van der Waals surface area contributed by atoms with Crippen molar-refractivity contribution in [1.29, 1.82) is 0 Å². The molecule has 5 N–H and O–H groups in total. The number of unbranched alkanes of at least 4 members (excludes halogenated alkanes) is 28. The largest absolute Gasteiger partial charge is 0.394 e. The lowest BCUT2D eigenvalue weighted by molar-refractivity contribution is -0.132. The molecule has 0 aromatic carbocycles. The highest BCUT2D eigenvalue weighted by atomic mass is 16.3. The van der Waals surface area contributed by atoms with Crippen LogP contribution in [0.25, 0.3) is 0 Å². The predicted molar refractivity (Wildman–Crippen MR) is 251 cm³/mol. The number of carbonyl (C=O) groups is 1. The van der Waals surface area contributed by atoms with Crippen LogP contribution in [0.5, 0.6) is 0 Å². The Labute approximate surface area is 359 Å². The van der Waals surface area contributed by atoms with Gasteiger partial charge >= 0.3 is 0 Å². The van der Waals surface area contributed by atoms with Crippen molar-refractivity contribution >= 4 is 5.91 Å². The van der Waals surface area contributed by atoms with E-state index in [9.17, 15) is 25.2 Å². The highest BCUT2D eigenvalue weighted by molar-refractivity contribution is 5.80. The van der Waals surface area contributed by atoms with Crippen LogP contribution in [0.4, 0.5) is 0 Å². The number of allylic oxidation sites excluding steroid dienone is 8. The van der Waals surface area contributed by atoms with Crippen molar-refractivity contribution in [3.05, 3.63) is 48.6 Å². The summed E-state index contributed by atoms with van der Waals surface area (Å²) < 4.78 is 0. The third-order valence-electron chi connectivity index (χ3n) is 11.5. The maximum atomic E-state index is 12.5. The zero-order chi connectivity index (χ0) is 42.4. The first-order chi connectivity index (χ1) is 28.5. The van der Waals surface area contributed by atoms with E-state index >= 15 is 0 Å². The summed E-state index contributed by atoms with van der Waals surface area (Å²) in [6, 6.07) is -1.01. The zero-order valence-corrected chi connectivity index (χ0v) is 38.3. The van der Waals surface area contributed by atoms with Gasteiger partial charge in [0, 0.05) is 0 Å². The number of carbonyl (C=O) groups excluding carboxylic acids is 1. The van der Waals surface area contributed by atoms with Crippen molar-refractivity contribution in [2.75, 3.05) is 6.61 Å². The van der Waals surface area contributed by atoms with Crippen molar-refractivity contribution < 1.29 is 25.2 Å². The third-order valence-corrected chi connectivity index (χ3v) is 11.5. The predicted octanol–water partition coefficient (Wildman–Crippen LogP) is 13.9. The summed E-state index contributed by atoms with van der Waals surface area (Å²) in [6.07, 6.45) is 57.6. The summed E-state index contributed by atoms with van der Waals surface area (Å²) in [4.78, 5) is 12.5. The molecule has 0 saturated heterocycles. The van der Waals surface area contributed by atoms with E-state index in [1.807, 2.05) is 0 Å². The second-order valence-electron chi connectivity index (χ2n) is 17.1. The molecule has 58 heavy (non-hydrogen) atoms. The molecule has 6 nitrogen and oxygen atoms in total. The summed E-state index contributed by atoms with van der Waals surface area (Å²) in [6.45, 7) is 3.95. The number of nitrogens with one attached hydrogen (secondary N) is 1. The van der Waals surface area contributed by atoms with E-state index in [0.717, 1.165) is 51.4 Å². The van der Waals surface area contributed by atoms with Crippen LogP contribution >= 0.6 is 0 Å². The monoisotopic (exact) mass is 816 g/mol. The van der Waals surface area contributed by atoms with Gasteiger partial charge in [0.05, 0.1) is 18.8 Å². The van der Waals surface area contributed by atoms with E-state index in [1.54, 1.807) is 0 Å². The minimum absolute atomic E-state index is 0.359. The van der Waals surface area contributed by atoms with Crippen molar-refractivity contribution in [3.8, 4) is 0 Å². The molecule has 0 aromatic rings. The molecule has 0 rings (SSSR count). The summed E-state index contributed by atoms with van der Waals surface area (Å²) >= 11 is 0. The SMILES string of the molecule is CCC/C=C/CC/C=C/CCCC(O)C(O)C(CO)NC(=O)C(O)CCCCCCCCCCCCCCCCCC/C=C\C/C=C\CCCCCCCCCCC. The van der Waals surface area contributed by atoms with Crippen molar-refractivity contribution in [1.82, 2.24) is 5.32 Å². The highest BCUT2D eigenvalue weighted by Crippen LogP contribution is 2.16. The molecule has 0 heterocycles. The van der Waals surface area contributed by atoms with Gasteiger partial charge in [0.25, 0.3) is 0 Å². The fraction of sp³-hybridized carbons (Fsp3) is 0.827. The normalized spacial score (nSPS) is 14.4. The van der Waals surface area contributed by atoms with Gasteiger partial charge in [0.2, 0.25) is 5.91 Å². The molecule has 0 spiro atoms. The Morgan fingerprint density at radius 3 is 1.26 bits per heavy atom. The van der Waals surface area contributed by atoms with Gasteiger partial charge in [-0.3, -0.25) is 4.79 Å². The second-order valence-corrected chi connectivity index (χ2v) is 17.1. The molecule has 340 valence electrons. The summed E-state index contributed by atoms with van der Waals surface area (Å²) in [5.74, 6) is -0.599. The molecule has 4 unspecified atom stereocenters. The van der Waals surface area contributed by atoms with E-state index in [1.165, 1.54) is 161 Å². The molecule has 1 amide bonds. The standard InChI is InChI=1S/C52H97NO5/c1-3-5-7-9-11-13-15-16-17-18-19-20-21-22-23-24-25-26-27-28-29-30-31-32-33-34-35-36-38-40-42-44-46-50(56)52(58)53-48(47-54)51(57)49(55)45-43-41-39-37-14-12-10-8-6-4-2/h8,10,19-20,22-23,37,39,48-51,54-57H,3-7,9,11-18,21,24-36,38,40-47H2,1-2H3,(H,53,58)/b10-8+,20-19-,23-22-,39-37+. The van der Waals surface area contributed by atoms with Crippen molar-refractivity contribution in [2.24, 2.45) is 0 Å². The molecule has 0 aliphatic rings. The lowest BCUT2D eigenvalue weighted by Crippen LogP contribution is -2.53. The van der Waals surface area contributed by atoms with E-state index < -0.39 is 36.9 Å². The quantitative estimate of drug-likeness (QED) is 0.0311. The van der Waals surface area contributed by atoms with Crippen LogP contribution in [0, 0.1) is 0 Å². The van der Waals surface area contributed by atoms with Crippen LogP contribution in [0.3, 0.4) is 0 Å². The summed E-state index contributed by atoms with van der Waals surface area (Å²) in [5, 5.41) is 43.5. The molecule has 0 bridgehead atoms. The minimum Gasteiger partial charge on any atom is -0.394 e. The maximum absolute atomic E-state index is 12.5. The smallest absolute Gasteiger partial charge is 0.249 e. The molecular formula is C52H97NO5. The van der Waals surface area contributed by atoms with Gasteiger partial charge in [-0.2, -0.15) is 0 Å². The molecule has 0 saturated carbocycles. The molecule has 0 fully saturated rings. The first-order valence-corrected chi connectivity index (χ1v) is 25.0. The fourth-order valence-electron chi connectivity index (χ4n) is 7.52. The summed E-state index contributed by atoms with van der Waals surface area (Å²) in [5.41, 5.74) is 0. The van der Waals surface area contributed by atoms with Crippen LogP contribution in [-0.4, -0.2) is 57.3 Å². The Bertz CT molecular complexity index is 961. The first-order valence-electron chi connectivity index (χ1n) is 25.0. The van der Waals surface area contributed by atoms with Crippen LogP contribution in [0.1, 0.15) is 245 Å². The highest BCUT2D eigenvalue weighted by Gasteiger charge is 2.28. The number of amides is 1. The number of rotatable bonds is 45. The van der Waals surface area contributed by atoms with Crippen molar-refractivity contribution in [2.45, 2.75) is 269 Å². The minimum atomic E-state index is -1.29.